The summed E-state index contributed by atoms with van der Waals surface area (Å²) in [5.74, 6) is 0.395. The molecule has 1 rings (SSSR count). The lowest BCUT2D eigenvalue weighted by Gasteiger charge is -2.25. The van der Waals surface area contributed by atoms with Crippen molar-refractivity contribution in [3.8, 4) is 0 Å². The Bertz CT molecular complexity index is 475. The first kappa shape index (κ1) is 17.1. The monoisotopic (exact) mass is 344 g/mol. The van der Waals surface area contributed by atoms with Gasteiger partial charge in [-0.3, -0.25) is 10.1 Å². The summed E-state index contributed by atoms with van der Waals surface area (Å²) in [6, 6.07) is 4.85. The average Bonchev–Trinajstić information content (AvgIpc) is 2.26. The number of nitrogens with zero attached hydrogens (tertiary/aromatic N) is 1. The SMILES string of the molecule is CC(C)CC(C)(O)CNCc1cc(Br)ccc1[N+](=O)[O-]. The Morgan fingerprint density at radius 3 is 2.70 bits per heavy atom. The van der Waals surface area contributed by atoms with E-state index in [1.54, 1.807) is 19.1 Å². The van der Waals surface area contributed by atoms with Gasteiger partial charge in [0.2, 0.25) is 0 Å². The topological polar surface area (TPSA) is 75.4 Å². The average molecular weight is 345 g/mol. The second kappa shape index (κ2) is 7.15. The minimum absolute atomic E-state index is 0.0872. The van der Waals surface area contributed by atoms with Crippen LogP contribution in [0.15, 0.2) is 22.7 Å². The second-order valence-corrected chi connectivity index (χ2v) is 6.64. The molecule has 1 aromatic rings. The number of aliphatic hydroxyl groups is 1. The summed E-state index contributed by atoms with van der Waals surface area (Å²) >= 11 is 3.31. The molecular weight excluding hydrogens is 324 g/mol. The molecule has 0 heterocycles. The van der Waals surface area contributed by atoms with Crippen LogP contribution in [0.2, 0.25) is 0 Å². The molecule has 1 aromatic carbocycles. The third kappa shape index (κ3) is 5.56. The van der Waals surface area contributed by atoms with Crippen LogP contribution < -0.4 is 5.32 Å². The summed E-state index contributed by atoms with van der Waals surface area (Å²) < 4.78 is 0.800. The fourth-order valence-electron chi connectivity index (χ4n) is 2.29. The lowest BCUT2D eigenvalue weighted by molar-refractivity contribution is -0.385. The van der Waals surface area contributed by atoms with E-state index in [1.807, 2.05) is 13.8 Å². The van der Waals surface area contributed by atoms with Crippen molar-refractivity contribution < 1.29 is 10.0 Å². The molecule has 0 aliphatic carbocycles. The van der Waals surface area contributed by atoms with Crippen LogP contribution in [0, 0.1) is 16.0 Å². The quantitative estimate of drug-likeness (QED) is 0.588. The molecule has 0 amide bonds. The summed E-state index contributed by atoms with van der Waals surface area (Å²) in [5.41, 5.74) is -0.122. The molecule has 0 saturated heterocycles. The number of rotatable bonds is 7. The van der Waals surface area contributed by atoms with Gasteiger partial charge in [0.1, 0.15) is 0 Å². The van der Waals surface area contributed by atoms with Crippen molar-refractivity contribution in [2.75, 3.05) is 6.54 Å². The Balaban J connectivity index is 2.66. The van der Waals surface area contributed by atoms with Crippen LogP contribution in [0.3, 0.4) is 0 Å². The lowest BCUT2D eigenvalue weighted by atomic mass is 9.94. The van der Waals surface area contributed by atoms with E-state index in [0.29, 0.717) is 31.0 Å². The number of nitro benzene ring substituents is 1. The van der Waals surface area contributed by atoms with E-state index in [0.717, 1.165) is 4.47 Å². The van der Waals surface area contributed by atoms with Gasteiger partial charge in [-0.2, -0.15) is 0 Å². The van der Waals surface area contributed by atoms with Crippen LogP contribution in [0.5, 0.6) is 0 Å². The van der Waals surface area contributed by atoms with Crippen LogP contribution in [-0.2, 0) is 6.54 Å². The van der Waals surface area contributed by atoms with Crippen LogP contribution >= 0.6 is 15.9 Å². The molecule has 20 heavy (non-hydrogen) atoms. The Kier molecular flexibility index (Phi) is 6.10. The molecular formula is C14H21BrN2O3. The highest BCUT2D eigenvalue weighted by Crippen LogP contribution is 2.23. The summed E-state index contributed by atoms with van der Waals surface area (Å²) in [6.07, 6.45) is 0.681. The van der Waals surface area contributed by atoms with Crippen molar-refractivity contribution in [2.24, 2.45) is 5.92 Å². The number of hydrogen-bond acceptors (Lipinski definition) is 4. The van der Waals surface area contributed by atoms with Crippen molar-refractivity contribution in [2.45, 2.75) is 39.3 Å². The second-order valence-electron chi connectivity index (χ2n) is 5.73. The molecule has 0 fully saturated rings. The summed E-state index contributed by atoms with van der Waals surface area (Å²) in [6.45, 7) is 6.62. The molecule has 0 aromatic heterocycles. The van der Waals surface area contributed by atoms with E-state index >= 15 is 0 Å². The summed E-state index contributed by atoms with van der Waals surface area (Å²) in [4.78, 5) is 10.6. The third-order valence-electron chi connectivity index (χ3n) is 2.91. The van der Waals surface area contributed by atoms with Gasteiger partial charge < -0.3 is 10.4 Å². The molecule has 1 atom stereocenters. The molecule has 0 bridgehead atoms. The van der Waals surface area contributed by atoms with Crippen molar-refractivity contribution in [1.82, 2.24) is 5.32 Å². The zero-order valence-electron chi connectivity index (χ0n) is 12.0. The van der Waals surface area contributed by atoms with Crippen LogP contribution in [0.1, 0.15) is 32.8 Å². The van der Waals surface area contributed by atoms with E-state index in [1.165, 1.54) is 6.07 Å². The van der Waals surface area contributed by atoms with Gasteiger partial charge in [0.15, 0.2) is 0 Å². The van der Waals surface area contributed by atoms with E-state index in [-0.39, 0.29) is 5.69 Å². The molecule has 0 saturated carbocycles. The fraction of sp³-hybridized carbons (Fsp3) is 0.571. The molecule has 0 aliphatic rings. The standard InChI is InChI=1S/C14H21BrN2O3/c1-10(2)7-14(3,18)9-16-8-11-6-12(15)4-5-13(11)17(19)20/h4-6,10,16,18H,7-9H2,1-3H3. The highest BCUT2D eigenvalue weighted by Gasteiger charge is 2.22. The molecule has 5 nitrogen and oxygen atoms in total. The first-order chi connectivity index (χ1) is 9.21. The Morgan fingerprint density at radius 1 is 1.50 bits per heavy atom. The van der Waals surface area contributed by atoms with Crippen molar-refractivity contribution in [3.63, 3.8) is 0 Å². The van der Waals surface area contributed by atoms with Gasteiger partial charge in [-0.05, 0) is 31.4 Å². The highest BCUT2D eigenvalue weighted by molar-refractivity contribution is 9.10. The van der Waals surface area contributed by atoms with Gasteiger partial charge in [0, 0.05) is 29.2 Å². The van der Waals surface area contributed by atoms with E-state index in [2.05, 4.69) is 21.2 Å². The van der Waals surface area contributed by atoms with Gasteiger partial charge in [0.05, 0.1) is 10.5 Å². The Morgan fingerprint density at radius 2 is 2.15 bits per heavy atom. The predicted molar refractivity (Wildman–Crippen MR) is 82.6 cm³/mol. The van der Waals surface area contributed by atoms with Crippen molar-refractivity contribution in [3.05, 3.63) is 38.3 Å². The summed E-state index contributed by atoms with van der Waals surface area (Å²) in [7, 11) is 0. The van der Waals surface area contributed by atoms with Crippen LogP contribution in [-0.4, -0.2) is 22.2 Å². The first-order valence-corrected chi connectivity index (χ1v) is 7.36. The van der Waals surface area contributed by atoms with Gasteiger partial charge in [-0.25, -0.2) is 0 Å². The van der Waals surface area contributed by atoms with Crippen LogP contribution in [0.25, 0.3) is 0 Å². The number of benzene rings is 1. The zero-order chi connectivity index (χ0) is 15.3. The number of hydrogen-bond donors (Lipinski definition) is 2. The third-order valence-corrected chi connectivity index (χ3v) is 3.40. The van der Waals surface area contributed by atoms with Crippen molar-refractivity contribution in [1.29, 1.82) is 0 Å². The summed E-state index contributed by atoms with van der Waals surface area (Å²) in [5, 5.41) is 24.2. The molecule has 0 aliphatic heterocycles. The fourth-order valence-corrected chi connectivity index (χ4v) is 2.70. The van der Waals surface area contributed by atoms with Gasteiger partial charge in [-0.15, -0.1) is 0 Å². The van der Waals surface area contributed by atoms with E-state index < -0.39 is 10.5 Å². The van der Waals surface area contributed by atoms with E-state index in [4.69, 9.17) is 0 Å². The Hall–Kier alpha value is -0.980. The van der Waals surface area contributed by atoms with Crippen molar-refractivity contribution >= 4 is 21.6 Å². The largest absolute Gasteiger partial charge is 0.389 e. The van der Waals surface area contributed by atoms with Crippen LogP contribution in [0.4, 0.5) is 5.69 Å². The predicted octanol–water partition coefficient (Wildman–Crippen LogP) is 3.24. The minimum Gasteiger partial charge on any atom is -0.389 e. The zero-order valence-corrected chi connectivity index (χ0v) is 13.6. The minimum atomic E-state index is -0.811. The number of nitrogens with one attached hydrogen (secondary N) is 1. The number of nitro groups is 1. The molecule has 0 radical (unpaired) electrons. The lowest BCUT2D eigenvalue weighted by Crippen LogP contribution is -2.38. The van der Waals surface area contributed by atoms with Gasteiger partial charge in [-0.1, -0.05) is 29.8 Å². The number of halogens is 1. The molecule has 6 heteroatoms. The normalized spacial score (nSPS) is 14.3. The highest BCUT2D eigenvalue weighted by atomic mass is 79.9. The maximum atomic E-state index is 11.0. The molecule has 1 unspecified atom stereocenters. The maximum absolute atomic E-state index is 11.0. The smallest absolute Gasteiger partial charge is 0.273 e. The Labute approximate surface area is 127 Å². The first-order valence-electron chi connectivity index (χ1n) is 6.57. The molecule has 112 valence electrons. The van der Waals surface area contributed by atoms with Gasteiger partial charge >= 0.3 is 0 Å². The maximum Gasteiger partial charge on any atom is 0.273 e. The van der Waals surface area contributed by atoms with E-state index in [9.17, 15) is 15.2 Å². The molecule has 2 N–H and O–H groups in total. The molecule has 0 spiro atoms. The van der Waals surface area contributed by atoms with Gasteiger partial charge in [0.25, 0.3) is 5.69 Å².